The third kappa shape index (κ3) is 2.10. The second kappa shape index (κ2) is 4.17. The molecule has 2 saturated heterocycles. The summed E-state index contributed by atoms with van der Waals surface area (Å²) < 4.78 is 0. The predicted octanol–water partition coefficient (Wildman–Crippen LogP) is 1.20. The van der Waals surface area contributed by atoms with E-state index in [1.807, 2.05) is 5.01 Å². The van der Waals surface area contributed by atoms with Crippen molar-refractivity contribution in [3.05, 3.63) is 0 Å². The molecule has 0 spiro atoms. The molecule has 14 heavy (non-hydrogen) atoms. The molecule has 0 saturated carbocycles. The zero-order valence-electron chi connectivity index (χ0n) is 9.34. The monoisotopic (exact) mass is 197 g/mol. The Balaban J connectivity index is 1.93. The lowest BCUT2D eigenvalue weighted by Gasteiger charge is -2.47. The lowest BCUT2D eigenvalue weighted by molar-refractivity contribution is 0.0212. The number of likely N-dealkylation sites (tertiary alicyclic amines) is 1. The summed E-state index contributed by atoms with van der Waals surface area (Å²) in [6, 6.07) is 0. The summed E-state index contributed by atoms with van der Waals surface area (Å²) in [5.41, 5.74) is 0.441. The Morgan fingerprint density at radius 3 is 2.07 bits per heavy atom. The molecule has 0 aromatic heterocycles. The largest absolute Gasteiger partial charge is 0.298 e. The van der Waals surface area contributed by atoms with Gasteiger partial charge in [-0.15, -0.1) is 0 Å². The number of hydrogen-bond acceptors (Lipinski definition) is 3. The maximum absolute atomic E-state index is 5.80. The first-order valence-electron chi connectivity index (χ1n) is 5.95. The van der Waals surface area contributed by atoms with Crippen LogP contribution in [0.3, 0.4) is 0 Å². The Morgan fingerprint density at radius 1 is 0.929 bits per heavy atom. The van der Waals surface area contributed by atoms with Crippen LogP contribution in [0.1, 0.15) is 39.0 Å². The van der Waals surface area contributed by atoms with Gasteiger partial charge in [-0.25, -0.2) is 5.01 Å². The van der Waals surface area contributed by atoms with E-state index in [9.17, 15) is 0 Å². The Bertz CT molecular complexity index is 179. The molecule has 82 valence electrons. The van der Waals surface area contributed by atoms with E-state index in [-0.39, 0.29) is 0 Å². The molecule has 3 nitrogen and oxygen atoms in total. The van der Waals surface area contributed by atoms with Gasteiger partial charge in [-0.1, -0.05) is 6.42 Å². The maximum atomic E-state index is 5.80. The summed E-state index contributed by atoms with van der Waals surface area (Å²) in [5, 5.41) is 1.96. The first-order valence-corrected chi connectivity index (χ1v) is 5.95. The number of rotatable bonds is 1. The highest BCUT2D eigenvalue weighted by Crippen LogP contribution is 2.29. The van der Waals surface area contributed by atoms with Crippen LogP contribution in [0.5, 0.6) is 0 Å². The first-order chi connectivity index (χ1) is 6.71. The van der Waals surface area contributed by atoms with Gasteiger partial charge in [-0.2, -0.15) is 0 Å². The molecule has 2 aliphatic rings. The third-order valence-electron chi connectivity index (χ3n) is 3.99. The van der Waals surface area contributed by atoms with Crippen LogP contribution in [0.15, 0.2) is 0 Å². The Hall–Kier alpha value is -0.120. The normalized spacial score (nSPS) is 30.4. The van der Waals surface area contributed by atoms with Gasteiger partial charge in [0.25, 0.3) is 0 Å². The second-order valence-corrected chi connectivity index (χ2v) is 5.08. The van der Waals surface area contributed by atoms with E-state index in [0.717, 1.165) is 13.1 Å². The van der Waals surface area contributed by atoms with Crippen LogP contribution >= 0.6 is 0 Å². The van der Waals surface area contributed by atoms with Crippen molar-refractivity contribution in [3.63, 3.8) is 0 Å². The first kappa shape index (κ1) is 10.4. The number of hydrazine groups is 1. The smallest absolute Gasteiger partial charge is 0.0206 e. The summed E-state index contributed by atoms with van der Waals surface area (Å²) in [5.74, 6) is 5.80. The van der Waals surface area contributed by atoms with Crippen LogP contribution in [-0.2, 0) is 0 Å². The molecule has 0 amide bonds. The molecule has 2 N–H and O–H groups in total. The van der Waals surface area contributed by atoms with Gasteiger partial charge >= 0.3 is 0 Å². The van der Waals surface area contributed by atoms with Crippen molar-refractivity contribution in [2.45, 2.75) is 44.6 Å². The van der Waals surface area contributed by atoms with Gasteiger partial charge in [-0.05, 0) is 45.7 Å². The highest BCUT2D eigenvalue weighted by atomic mass is 15.4. The van der Waals surface area contributed by atoms with Crippen LogP contribution in [0.25, 0.3) is 0 Å². The fraction of sp³-hybridized carbons (Fsp3) is 1.00. The summed E-state index contributed by atoms with van der Waals surface area (Å²) in [7, 11) is 0. The minimum Gasteiger partial charge on any atom is -0.298 e. The molecule has 0 aromatic carbocycles. The van der Waals surface area contributed by atoms with Gasteiger partial charge in [0.1, 0.15) is 0 Å². The van der Waals surface area contributed by atoms with Gasteiger partial charge in [0.2, 0.25) is 0 Å². The Kier molecular flexibility index (Phi) is 3.10. The van der Waals surface area contributed by atoms with Gasteiger partial charge < -0.3 is 0 Å². The van der Waals surface area contributed by atoms with Gasteiger partial charge in [0, 0.05) is 18.6 Å². The van der Waals surface area contributed by atoms with Crippen molar-refractivity contribution >= 4 is 0 Å². The summed E-state index contributed by atoms with van der Waals surface area (Å²) in [4.78, 5) is 2.70. The molecular formula is C11H23N3. The zero-order valence-corrected chi connectivity index (χ0v) is 9.34. The topological polar surface area (TPSA) is 32.5 Å². The molecule has 0 atom stereocenters. The molecule has 0 radical (unpaired) electrons. The maximum Gasteiger partial charge on any atom is 0.0206 e. The van der Waals surface area contributed by atoms with E-state index in [4.69, 9.17) is 5.84 Å². The number of nitrogens with two attached hydrogens (primary N) is 1. The van der Waals surface area contributed by atoms with Crippen molar-refractivity contribution < 1.29 is 0 Å². The number of hydrogen-bond donors (Lipinski definition) is 1. The van der Waals surface area contributed by atoms with Crippen LogP contribution in [-0.4, -0.2) is 41.6 Å². The quantitative estimate of drug-likeness (QED) is 0.641. The zero-order chi connectivity index (χ0) is 10.0. The van der Waals surface area contributed by atoms with Crippen molar-refractivity contribution in [2.24, 2.45) is 5.84 Å². The lowest BCUT2D eigenvalue weighted by atomic mass is 9.86. The van der Waals surface area contributed by atoms with E-state index in [0.29, 0.717) is 5.54 Å². The SMILES string of the molecule is CC1(N2CCCCC2)CCN(N)CC1. The average Bonchev–Trinajstić information content (AvgIpc) is 2.24. The van der Waals surface area contributed by atoms with Crippen molar-refractivity contribution in [3.8, 4) is 0 Å². The molecule has 3 heteroatoms. The van der Waals surface area contributed by atoms with Crippen LogP contribution in [0.4, 0.5) is 0 Å². The molecule has 0 aliphatic carbocycles. The molecule has 2 rings (SSSR count). The molecule has 2 aliphatic heterocycles. The predicted molar refractivity (Wildman–Crippen MR) is 58.8 cm³/mol. The van der Waals surface area contributed by atoms with Crippen LogP contribution < -0.4 is 5.84 Å². The van der Waals surface area contributed by atoms with Crippen molar-refractivity contribution in [1.29, 1.82) is 0 Å². The lowest BCUT2D eigenvalue weighted by Crippen LogP contribution is -2.56. The standard InChI is InChI=1S/C11H23N3/c1-11(5-9-14(12)10-6-11)13-7-3-2-4-8-13/h2-10,12H2,1H3. The molecular weight excluding hydrogens is 174 g/mol. The number of piperidine rings is 2. The highest BCUT2D eigenvalue weighted by Gasteiger charge is 2.35. The average molecular weight is 197 g/mol. The number of nitrogens with zero attached hydrogens (tertiary/aromatic N) is 2. The molecule has 2 fully saturated rings. The third-order valence-corrected chi connectivity index (χ3v) is 3.99. The summed E-state index contributed by atoms with van der Waals surface area (Å²) in [6.07, 6.45) is 6.69. The van der Waals surface area contributed by atoms with Gasteiger partial charge in [0.15, 0.2) is 0 Å². The fourth-order valence-corrected chi connectivity index (χ4v) is 2.76. The molecule has 2 heterocycles. The highest BCUT2D eigenvalue weighted by molar-refractivity contribution is 4.91. The molecule has 0 aromatic rings. The summed E-state index contributed by atoms with van der Waals surface area (Å²) in [6.45, 7) is 7.16. The Morgan fingerprint density at radius 2 is 1.50 bits per heavy atom. The van der Waals surface area contributed by atoms with Crippen LogP contribution in [0, 0.1) is 0 Å². The van der Waals surface area contributed by atoms with Gasteiger partial charge in [-0.3, -0.25) is 10.7 Å². The van der Waals surface area contributed by atoms with Crippen LogP contribution in [0.2, 0.25) is 0 Å². The van der Waals surface area contributed by atoms with Crippen molar-refractivity contribution in [2.75, 3.05) is 26.2 Å². The Labute approximate surface area is 87.2 Å². The van der Waals surface area contributed by atoms with E-state index in [1.54, 1.807) is 0 Å². The van der Waals surface area contributed by atoms with Crippen molar-refractivity contribution in [1.82, 2.24) is 9.91 Å². The van der Waals surface area contributed by atoms with E-state index >= 15 is 0 Å². The minimum atomic E-state index is 0.441. The van der Waals surface area contributed by atoms with E-state index in [1.165, 1.54) is 45.2 Å². The van der Waals surface area contributed by atoms with Gasteiger partial charge in [0.05, 0.1) is 0 Å². The van der Waals surface area contributed by atoms with E-state index in [2.05, 4.69) is 11.8 Å². The molecule has 0 unspecified atom stereocenters. The second-order valence-electron chi connectivity index (χ2n) is 5.08. The summed E-state index contributed by atoms with van der Waals surface area (Å²) >= 11 is 0. The van der Waals surface area contributed by atoms with E-state index < -0.39 is 0 Å². The molecule has 0 bridgehead atoms. The minimum absolute atomic E-state index is 0.441. The fourth-order valence-electron chi connectivity index (χ4n) is 2.76.